The average molecular weight is 167 g/mol. The minimum atomic E-state index is 0.384. The van der Waals surface area contributed by atoms with Crippen LogP contribution in [0.3, 0.4) is 0 Å². The van der Waals surface area contributed by atoms with Crippen LogP contribution < -0.4 is 5.73 Å². The molecule has 4 heteroatoms. The van der Waals surface area contributed by atoms with Crippen LogP contribution in [0.2, 0.25) is 0 Å². The summed E-state index contributed by atoms with van der Waals surface area (Å²) in [6.07, 6.45) is 2.37. The SMILES string of the molecule is CN1CCCC1c1cc(N)no1. The zero-order chi connectivity index (χ0) is 8.55. The summed E-state index contributed by atoms with van der Waals surface area (Å²) in [5.74, 6) is 1.37. The molecule has 2 rings (SSSR count). The Morgan fingerprint density at radius 1 is 1.75 bits per heavy atom. The van der Waals surface area contributed by atoms with Gasteiger partial charge in [0.2, 0.25) is 0 Å². The lowest BCUT2D eigenvalue weighted by molar-refractivity contribution is 0.252. The van der Waals surface area contributed by atoms with Gasteiger partial charge in [-0.2, -0.15) is 0 Å². The Labute approximate surface area is 71.3 Å². The normalized spacial score (nSPS) is 24.9. The molecule has 1 fully saturated rings. The zero-order valence-electron chi connectivity index (χ0n) is 7.16. The smallest absolute Gasteiger partial charge is 0.167 e. The predicted molar refractivity (Wildman–Crippen MR) is 45.5 cm³/mol. The van der Waals surface area contributed by atoms with Crippen LogP contribution in [0.5, 0.6) is 0 Å². The molecule has 1 aromatic rings. The van der Waals surface area contributed by atoms with Crippen molar-refractivity contribution in [1.29, 1.82) is 0 Å². The number of nitrogens with zero attached hydrogens (tertiary/aromatic N) is 2. The van der Waals surface area contributed by atoms with Gasteiger partial charge in [0.05, 0.1) is 6.04 Å². The van der Waals surface area contributed by atoms with Crippen LogP contribution in [-0.2, 0) is 0 Å². The summed E-state index contributed by atoms with van der Waals surface area (Å²) in [7, 11) is 2.09. The summed E-state index contributed by atoms with van der Waals surface area (Å²) in [5.41, 5.74) is 5.47. The van der Waals surface area contributed by atoms with E-state index in [1.165, 1.54) is 6.42 Å². The van der Waals surface area contributed by atoms with Crippen LogP contribution in [0.25, 0.3) is 0 Å². The van der Waals surface area contributed by atoms with Gasteiger partial charge in [-0.05, 0) is 26.4 Å². The summed E-state index contributed by atoms with van der Waals surface area (Å²) >= 11 is 0. The van der Waals surface area contributed by atoms with Gasteiger partial charge in [0.25, 0.3) is 0 Å². The fourth-order valence-electron chi connectivity index (χ4n) is 1.73. The molecule has 0 aromatic carbocycles. The molecule has 1 aliphatic rings. The van der Waals surface area contributed by atoms with Crippen molar-refractivity contribution in [2.75, 3.05) is 19.3 Å². The van der Waals surface area contributed by atoms with E-state index in [9.17, 15) is 0 Å². The molecule has 1 atom stereocenters. The fraction of sp³-hybridized carbons (Fsp3) is 0.625. The molecule has 1 unspecified atom stereocenters. The highest BCUT2D eigenvalue weighted by molar-refractivity contribution is 5.28. The van der Waals surface area contributed by atoms with E-state index >= 15 is 0 Å². The van der Waals surface area contributed by atoms with Gasteiger partial charge in [-0.3, -0.25) is 4.90 Å². The number of nitrogen functional groups attached to an aromatic ring is 1. The van der Waals surface area contributed by atoms with Gasteiger partial charge in [-0.25, -0.2) is 0 Å². The van der Waals surface area contributed by atoms with Crippen molar-refractivity contribution < 1.29 is 4.52 Å². The largest absolute Gasteiger partial charge is 0.381 e. The fourth-order valence-corrected chi connectivity index (χ4v) is 1.73. The molecule has 66 valence electrons. The molecule has 1 saturated heterocycles. The first-order chi connectivity index (χ1) is 5.77. The first-order valence-corrected chi connectivity index (χ1v) is 4.19. The summed E-state index contributed by atoms with van der Waals surface area (Å²) in [4.78, 5) is 2.26. The molecule has 1 aliphatic heterocycles. The van der Waals surface area contributed by atoms with Crippen LogP contribution in [0.15, 0.2) is 10.6 Å². The van der Waals surface area contributed by atoms with Crippen molar-refractivity contribution in [3.63, 3.8) is 0 Å². The van der Waals surface area contributed by atoms with E-state index in [1.54, 1.807) is 0 Å². The van der Waals surface area contributed by atoms with Crippen LogP contribution >= 0.6 is 0 Å². The molecule has 0 saturated carbocycles. The summed E-state index contributed by atoms with van der Waals surface area (Å²) in [6, 6.07) is 2.20. The Bertz CT molecular complexity index is 271. The third-order valence-electron chi connectivity index (χ3n) is 2.40. The van der Waals surface area contributed by atoms with Crippen molar-refractivity contribution in [2.24, 2.45) is 0 Å². The lowest BCUT2D eigenvalue weighted by Crippen LogP contribution is -2.16. The van der Waals surface area contributed by atoms with E-state index in [2.05, 4.69) is 17.1 Å². The minimum Gasteiger partial charge on any atom is -0.381 e. The molecular weight excluding hydrogens is 154 g/mol. The van der Waals surface area contributed by atoms with E-state index in [1.807, 2.05) is 6.07 Å². The van der Waals surface area contributed by atoms with Crippen LogP contribution in [0.1, 0.15) is 24.6 Å². The quantitative estimate of drug-likeness (QED) is 0.678. The highest BCUT2D eigenvalue weighted by atomic mass is 16.5. The highest BCUT2D eigenvalue weighted by Crippen LogP contribution is 2.30. The maximum Gasteiger partial charge on any atom is 0.167 e. The van der Waals surface area contributed by atoms with Crippen molar-refractivity contribution in [3.05, 3.63) is 11.8 Å². The van der Waals surface area contributed by atoms with Crippen molar-refractivity contribution >= 4 is 5.82 Å². The molecule has 0 aliphatic carbocycles. The first-order valence-electron chi connectivity index (χ1n) is 4.19. The maximum absolute atomic E-state index is 5.47. The van der Waals surface area contributed by atoms with Crippen LogP contribution in [-0.4, -0.2) is 23.6 Å². The third kappa shape index (κ3) is 1.18. The molecule has 0 radical (unpaired) electrons. The average Bonchev–Trinajstić information content (AvgIpc) is 2.58. The Kier molecular flexibility index (Phi) is 1.77. The molecule has 2 heterocycles. The van der Waals surface area contributed by atoms with Gasteiger partial charge in [-0.15, -0.1) is 0 Å². The lowest BCUT2D eigenvalue weighted by Gasteiger charge is -2.15. The Balaban J connectivity index is 2.19. The molecule has 0 bridgehead atoms. The predicted octanol–water partition coefficient (Wildman–Crippen LogP) is 1.02. The number of nitrogens with two attached hydrogens (primary N) is 1. The van der Waals surface area contributed by atoms with Crippen molar-refractivity contribution in [3.8, 4) is 0 Å². The topological polar surface area (TPSA) is 55.3 Å². The Morgan fingerprint density at radius 3 is 3.08 bits per heavy atom. The molecule has 0 spiro atoms. The van der Waals surface area contributed by atoms with Crippen molar-refractivity contribution in [1.82, 2.24) is 10.1 Å². The van der Waals surface area contributed by atoms with Gasteiger partial charge < -0.3 is 10.3 Å². The minimum absolute atomic E-state index is 0.384. The summed E-state index contributed by atoms with van der Waals surface area (Å²) in [5, 5.41) is 3.67. The number of hydrogen-bond donors (Lipinski definition) is 1. The van der Waals surface area contributed by atoms with E-state index in [-0.39, 0.29) is 0 Å². The number of rotatable bonds is 1. The van der Waals surface area contributed by atoms with E-state index in [0.29, 0.717) is 11.9 Å². The Hall–Kier alpha value is -1.03. The zero-order valence-corrected chi connectivity index (χ0v) is 7.16. The van der Waals surface area contributed by atoms with Gasteiger partial charge >= 0.3 is 0 Å². The standard InChI is InChI=1S/C8H13N3O/c1-11-4-2-3-6(11)7-5-8(9)10-12-7/h5-6H,2-4H2,1H3,(H2,9,10). The van der Waals surface area contributed by atoms with E-state index in [4.69, 9.17) is 10.3 Å². The Morgan fingerprint density at radius 2 is 2.58 bits per heavy atom. The van der Waals surface area contributed by atoms with Gasteiger partial charge in [0.15, 0.2) is 11.6 Å². The second kappa shape index (κ2) is 2.79. The monoisotopic (exact) mass is 167 g/mol. The number of likely N-dealkylation sites (tertiary alicyclic amines) is 1. The lowest BCUT2D eigenvalue weighted by atomic mass is 10.2. The molecule has 2 N–H and O–H groups in total. The van der Waals surface area contributed by atoms with Gasteiger partial charge in [0.1, 0.15) is 0 Å². The second-order valence-corrected chi connectivity index (χ2v) is 3.29. The third-order valence-corrected chi connectivity index (χ3v) is 2.40. The van der Waals surface area contributed by atoms with E-state index in [0.717, 1.165) is 18.7 Å². The van der Waals surface area contributed by atoms with Gasteiger partial charge in [0, 0.05) is 6.07 Å². The summed E-state index contributed by atoms with van der Waals surface area (Å²) in [6.45, 7) is 1.13. The molecule has 4 nitrogen and oxygen atoms in total. The molecule has 1 aromatic heterocycles. The number of anilines is 1. The molecular formula is C8H13N3O. The van der Waals surface area contributed by atoms with Crippen LogP contribution in [0, 0.1) is 0 Å². The summed E-state index contributed by atoms with van der Waals surface area (Å²) < 4.78 is 5.10. The number of hydrogen-bond acceptors (Lipinski definition) is 4. The number of aromatic nitrogens is 1. The van der Waals surface area contributed by atoms with E-state index < -0.39 is 0 Å². The van der Waals surface area contributed by atoms with Gasteiger partial charge in [-0.1, -0.05) is 5.16 Å². The first kappa shape index (κ1) is 7.61. The molecule has 0 amide bonds. The van der Waals surface area contributed by atoms with Crippen molar-refractivity contribution in [2.45, 2.75) is 18.9 Å². The second-order valence-electron chi connectivity index (χ2n) is 3.29. The van der Waals surface area contributed by atoms with Crippen LogP contribution in [0.4, 0.5) is 5.82 Å². The maximum atomic E-state index is 5.47. The highest BCUT2D eigenvalue weighted by Gasteiger charge is 2.25. The molecule has 12 heavy (non-hydrogen) atoms.